The number of carboxylic acids is 1. The summed E-state index contributed by atoms with van der Waals surface area (Å²) in [4.78, 5) is 36.7. The number of methoxy groups -OCH3 is 1. The molecule has 0 aromatic carbocycles. The van der Waals surface area contributed by atoms with Gasteiger partial charge in [0.25, 0.3) is 0 Å². The van der Waals surface area contributed by atoms with E-state index in [0.717, 1.165) is 9.80 Å². The first kappa shape index (κ1) is 16.2. The molecule has 2 unspecified atom stereocenters. The van der Waals surface area contributed by atoms with Crippen molar-refractivity contribution in [2.45, 2.75) is 12.1 Å². The molecule has 0 aromatic rings. The first-order valence-corrected chi connectivity index (χ1v) is 6.05. The Labute approximate surface area is 116 Å². The van der Waals surface area contributed by atoms with Crippen LogP contribution in [0.15, 0.2) is 0 Å². The molecule has 1 aliphatic rings. The van der Waals surface area contributed by atoms with E-state index < -0.39 is 30.1 Å². The Morgan fingerprint density at radius 3 is 2.80 bits per heavy atom. The normalized spacial score (nSPS) is 20.2. The maximum Gasteiger partial charge on any atom is 0.328 e. The second kappa shape index (κ2) is 7.06. The van der Waals surface area contributed by atoms with Crippen LogP contribution in [0.4, 0.5) is 4.79 Å². The molecule has 0 radical (unpaired) electrons. The summed E-state index contributed by atoms with van der Waals surface area (Å²) < 4.78 is 4.75. The van der Waals surface area contributed by atoms with Crippen molar-refractivity contribution in [2.75, 3.05) is 40.4 Å². The van der Waals surface area contributed by atoms with Crippen molar-refractivity contribution >= 4 is 17.9 Å². The summed E-state index contributed by atoms with van der Waals surface area (Å²) in [6.45, 7) is -0.410. The molecule has 0 aromatic heterocycles. The van der Waals surface area contributed by atoms with Crippen molar-refractivity contribution in [3.8, 4) is 0 Å². The monoisotopic (exact) mass is 289 g/mol. The van der Waals surface area contributed by atoms with E-state index in [4.69, 9.17) is 9.84 Å². The van der Waals surface area contributed by atoms with E-state index in [1.165, 1.54) is 14.2 Å². The third-order valence-corrected chi connectivity index (χ3v) is 2.88. The Bertz CT molecular complexity index is 388. The van der Waals surface area contributed by atoms with Crippen LogP contribution in [0.3, 0.4) is 0 Å². The fourth-order valence-corrected chi connectivity index (χ4v) is 1.92. The standard InChI is InChI=1S/C11H19N3O6/c1-13(4-7(15)6-20-2)11(19)14-5-9(16)12-3-8(14)10(17)18/h7-8,15H,3-6H2,1-2H3,(H,12,16)(H,17,18). The number of rotatable bonds is 5. The van der Waals surface area contributed by atoms with E-state index in [1.54, 1.807) is 0 Å². The van der Waals surface area contributed by atoms with E-state index in [-0.39, 0.29) is 26.2 Å². The minimum Gasteiger partial charge on any atom is -0.480 e. The maximum absolute atomic E-state index is 12.2. The molecular formula is C11H19N3O6. The number of carbonyl (C=O) groups is 3. The zero-order valence-corrected chi connectivity index (χ0v) is 11.4. The molecule has 2 atom stereocenters. The van der Waals surface area contributed by atoms with Gasteiger partial charge in [0, 0.05) is 20.7 Å². The van der Waals surface area contributed by atoms with Crippen LogP contribution in [0, 0.1) is 0 Å². The number of carbonyl (C=O) groups excluding carboxylic acids is 2. The van der Waals surface area contributed by atoms with Gasteiger partial charge in [0.1, 0.15) is 12.6 Å². The van der Waals surface area contributed by atoms with Gasteiger partial charge in [-0.2, -0.15) is 0 Å². The quantitative estimate of drug-likeness (QED) is 0.535. The van der Waals surface area contributed by atoms with Crippen molar-refractivity contribution in [2.24, 2.45) is 0 Å². The summed E-state index contributed by atoms with van der Waals surface area (Å²) in [6, 6.07) is -1.73. The zero-order chi connectivity index (χ0) is 15.3. The average molecular weight is 289 g/mol. The first-order chi connectivity index (χ1) is 9.36. The van der Waals surface area contributed by atoms with Crippen molar-refractivity contribution in [1.29, 1.82) is 0 Å². The molecule has 1 rings (SSSR count). The fourth-order valence-electron chi connectivity index (χ4n) is 1.92. The summed E-state index contributed by atoms with van der Waals surface area (Å²) in [5.41, 5.74) is 0. The summed E-state index contributed by atoms with van der Waals surface area (Å²) in [6.07, 6.45) is -0.879. The lowest BCUT2D eigenvalue weighted by molar-refractivity contribution is -0.144. The van der Waals surface area contributed by atoms with Crippen LogP contribution < -0.4 is 5.32 Å². The van der Waals surface area contributed by atoms with Crippen molar-refractivity contribution < 1.29 is 29.3 Å². The number of aliphatic hydroxyl groups excluding tert-OH is 1. The molecule has 1 heterocycles. The third kappa shape index (κ3) is 4.07. The zero-order valence-electron chi connectivity index (χ0n) is 11.4. The molecule has 0 saturated carbocycles. The van der Waals surface area contributed by atoms with Crippen LogP contribution >= 0.6 is 0 Å². The van der Waals surface area contributed by atoms with E-state index in [0.29, 0.717) is 0 Å². The van der Waals surface area contributed by atoms with E-state index in [1.807, 2.05) is 0 Å². The van der Waals surface area contributed by atoms with Crippen LogP contribution in [0.25, 0.3) is 0 Å². The van der Waals surface area contributed by atoms with E-state index in [2.05, 4.69) is 5.32 Å². The second-order valence-electron chi connectivity index (χ2n) is 4.56. The number of carboxylic acid groups (broad SMARTS) is 1. The lowest BCUT2D eigenvalue weighted by Gasteiger charge is -2.35. The average Bonchev–Trinajstić information content (AvgIpc) is 2.37. The highest BCUT2D eigenvalue weighted by Gasteiger charge is 2.36. The number of piperazine rings is 1. The number of nitrogens with zero attached hydrogens (tertiary/aromatic N) is 2. The largest absolute Gasteiger partial charge is 0.480 e. The molecule has 0 spiro atoms. The number of ether oxygens (including phenoxy) is 1. The number of nitrogens with one attached hydrogen (secondary N) is 1. The minimum absolute atomic E-state index is 0.0167. The summed E-state index contributed by atoms with van der Waals surface area (Å²) >= 11 is 0. The molecule has 9 nitrogen and oxygen atoms in total. The number of amides is 3. The van der Waals surface area contributed by atoms with Crippen molar-refractivity contribution in [3.05, 3.63) is 0 Å². The van der Waals surface area contributed by atoms with Gasteiger partial charge in [-0.25, -0.2) is 9.59 Å². The second-order valence-corrected chi connectivity index (χ2v) is 4.56. The molecule has 114 valence electrons. The summed E-state index contributed by atoms with van der Waals surface area (Å²) in [5, 5.41) is 21.0. The molecule has 0 aliphatic carbocycles. The van der Waals surface area contributed by atoms with Gasteiger partial charge in [0.2, 0.25) is 5.91 Å². The van der Waals surface area contributed by atoms with Gasteiger partial charge in [0.05, 0.1) is 19.3 Å². The number of aliphatic carboxylic acids is 1. The Hall–Kier alpha value is -1.87. The Balaban J connectivity index is 2.70. The lowest BCUT2D eigenvalue weighted by Crippen LogP contribution is -2.61. The van der Waals surface area contributed by atoms with Crippen molar-refractivity contribution in [3.63, 3.8) is 0 Å². The molecule has 1 saturated heterocycles. The predicted molar refractivity (Wildman–Crippen MR) is 67.0 cm³/mol. The highest BCUT2D eigenvalue weighted by molar-refractivity contribution is 5.90. The van der Waals surface area contributed by atoms with Gasteiger partial charge < -0.3 is 25.2 Å². The number of hydrogen-bond acceptors (Lipinski definition) is 5. The summed E-state index contributed by atoms with van der Waals surface area (Å²) in [5.74, 6) is -1.61. The highest BCUT2D eigenvalue weighted by Crippen LogP contribution is 2.08. The van der Waals surface area contributed by atoms with Crippen molar-refractivity contribution in [1.82, 2.24) is 15.1 Å². The van der Waals surface area contributed by atoms with E-state index in [9.17, 15) is 19.5 Å². The SMILES string of the molecule is COCC(O)CN(C)C(=O)N1CC(=O)NCC1C(=O)O. The number of likely N-dealkylation sites (N-methyl/N-ethyl adjacent to an activating group) is 1. The highest BCUT2D eigenvalue weighted by atomic mass is 16.5. The Morgan fingerprint density at radius 1 is 1.60 bits per heavy atom. The number of aliphatic hydroxyl groups is 1. The number of urea groups is 1. The molecule has 1 fully saturated rings. The van der Waals surface area contributed by atoms with Crippen LogP contribution in [0.2, 0.25) is 0 Å². The minimum atomic E-state index is -1.19. The Morgan fingerprint density at radius 2 is 2.25 bits per heavy atom. The van der Waals surface area contributed by atoms with Gasteiger partial charge in [0.15, 0.2) is 0 Å². The predicted octanol–water partition coefficient (Wildman–Crippen LogP) is -2.07. The summed E-state index contributed by atoms with van der Waals surface area (Å²) in [7, 11) is 2.84. The van der Waals surface area contributed by atoms with E-state index >= 15 is 0 Å². The maximum atomic E-state index is 12.2. The fraction of sp³-hybridized carbons (Fsp3) is 0.727. The van der Waals surface area contributed by atoms with Crippen LogP contribution in [0.5, 0.6) is 0 Å². The molecule has 1 aliphatic heterocycles. The first-order valence-electron chi connectivity index (χ1n) is 6.05. The third-order valence-electron chi connectivity index (χ3n) is 2.88. The molecule has 9 heteroatoms. The van der Waals surface area contributed by atoms with Gasteiger partial charge >= 0.3 is 12.0 Å². The molecule has 3 amide bonds. The molecule has 0 bridgehead atoms. The van der Waals surface area contributed by atoms with Gasteiger partial charge in [-0.3, -0.25) is 9.69 Å². The number of hydrogen-bond donors (Lipinski definition) is 3. The van der Waals surface area contributed by atoms with Crippen LogP contribution in [0.1, 0.15) is 0 Å². The Kier molecular flexibility index (Phi) is 5.71. The molecule has 20 heavy (non-hydrogen) atoms. The van der Waals surface area contributed by atoms with Gasteiger partial charge in [-0.1, -0.05) is 0 Å². The molecular weight excluding hydrogens is 270 g/mol. The van der Waals surface area contributed by atoms with Gasteiger partial charge in [-0.15, -0.1) is 0 Å². The van der Waals surface area contributed by atoms with Crippen LogP contribution in [-0.4, -0.2) is 90.5 Å². The lowest BCUT2D eigenvalue weighted by atomic mass is 10.2. The van der Waals surface area contributed by atoms with Gasteiger partial charge in [-0.05, 0) is 0 Å². The molecule has 3 N–H and O–H groups in total. The smallest absolute Gasteiger partial charge is 0.328 e. The van der Waals surface area contributed by atoms with Crippen LogP contribution in [-0.2, 0) is 14.3 Å². The topological polar surface area (TPSA) is 119 Å².